The molecule has 0 saturated heterocycles. The molecule has 0 fully saturated rings. The summed E-state index contributed by atoms with van der Waals surface area (Å²) < 4.78 is 6.13. The third-order valence-electron chi connectivity index (χ3n) is 1.79. The number of ether oxygens (including phenoxy) is 1. The monoisotopic (exact) mass is 241 g/mol. The van der Waals surface area contributed by atoms with Crippen LogP contribution in [0.2, 0.25) is 0 Å². The van der Waals surface area contributed by atoms with Crippen molar-refractivity contribution in [3.63, 3.8) is 0 Å². The van der Waals surface area contributed by atoms with Crippen molar-refractivity contribution in [2.24, 2.45) is 5.11 Å². The Morgan fingerprint density at radius 1 is 1.65 bits per heavy atom. The van der Waals surface area contributed by atoms with Crippen molar-refractivity contribution in [2.45, 2.75) is 12.8 Å². The average molecular weight is 241 g/mol. The second-order valence-corrected chi connectivity index (χ2v) is 3.15. The van der Waals surface area contributed by atoms with Gasteiger partial charge in [-0.15, -0.1) is 0 Å². The first kappa shape index (κ1) is 13.0. The summed E-state index contributed by atoms with van der Waals surface area (Å²) in [6.07, 6.45) is 0.352. The molecule has 0 amide bonds. The van der Waals surface area contributed by atoms with E-state index in [1.165, 1.54) is 12.3 Å². The van der Waals surface area contributed by atoms with Gasteiger partial charge in [-0.05, 0) is 5.53 Å². The largest absolute Gasteiger partial charge is 0.391 e. The lowest BCUT2D eigenvalue weighted by molar-refractivity contribution is 0.00720. The summed E-state index contributed by atoms with van der Waals surface area (Å²) in [5, 5.41) is 12.4. The minimum atomic E-state index is -0.927. The van der Waals surface area contributed by atoms with E-state index in [1.807, 2.05) is 0 Å². The fourth-order valence-electron chi connectivity index (χ4n) is 1.02. The highest BCUT2D eigenvalue weighted by Crippen LogP contribution is 1.89. The molecule has 0 aliphatic heterocycles. The van der Waals surface area contributed by atoms with Gasteiger partial charge < -0.3 is 9.84 Å². The van der Waals surface area contributed by atoms with Crippen LogP contribution in [0.15, 0.2) is 27.0 Å². The van der Waals surface area contributed by atoms with Crippen molar-refractivity contribution in [2.75, 3.05) is 13.2 Å². The molecule has 92 valence electrons. The van der Waals surface area contributed by atoms with Gasteiger partial charge in [-0.3, -0.25) is 14.3 Å². The highest BCUT2D eigenvalue weighted by Gasteiger charge is 2.03. The van der Waals surface area contributed by atoms with Gasteiger partial charge in [-0.2, -0.15) is 0 Å². The number of aliphatic hydroxyl groups excluding tert-OH is 1. The molecule has 9 nitrogen and oxygen atoms in total. The molecule has 9 heteroatoms. The van der Waals surface area contributed by atoms with E-state index in [1.54, 1.807) is 0 Å². The van der Waals surface area contributed by atoms with Crippen LogP contribution in [0.5, 0.6) is 0 Å². The molecule has 0 bridgehead atoms. The molecule has 0 radical (unpaired) electrons. The number of hydrogen-bond acceptors (Lipinski definition) is 5. The van der Waals surface area contributed by atoms with Gasteiger partial charge in [0.1, 0.15) is 6.73 Å². The van der Waals surface area contributed by atoms with Gasteiger partial charge >= 0.3 is 5.69 Å². The van der Waals surface area contributed by atoms with Crippen LogP contribution >= 0.6 is 0 Å². The molecular formula is C8H11N5O4. The molecule has 1 rings (SSSR count). The topological polar surface area (TPSA) is 133 Å². The summed E-state index contributed by atoms with van der Waals surface area (Å²) >= 11 is 0. The fourth-order valence-corrected chi connectivity index (χ4v) is 1.02. The van der Waals surface area contributed by atoms with E-state index in [0.29, 0.717) is 0 Å². The van der Waals surface area contributed by atoms with Gasteiger partial charge in [-0.1, -0.05) is 5.11 Å². The maximum absolute atomic E-state index is 11.2. The van der Waals surface area contributed by atoms with Gasteiger partial charge in [0, 0.05) is 17.2 Å². The quantitative estimate of drug-likeness (QED) is 0.382. The van der Waals surface area contributed by atoms with E-state index in [2.05, 4.69) is 15.0 Å². The molecule has 0 aromatic carbocycles. The zero-order chi connectivity index (χ0) is 12.7. The van der Waals surface area contributed by atoms with Crippen LogP contribution in [-0.2, 0) is 11.5 Å². The van der Waals surface area contributed by atoms with Crippen LogP contribution in [-0.4, -0.2) is 33.9 Å². The third kappa shape index (κ3) is 4.51. The van der Waals surface area contributed by atoms with E-state index < -0.39 is 17.4 Å². The van der Waals surface area contributed by atoms with E-state index >= 15 is 0 Å². The van der Waals surface area contributed by atoms with Gasteiger partial charge in [0.05, 0.1) is 19.3 Å². The van der Waals surface area contributed by atoms with Crippen LogP contribution in [0.4, 0.5) is 0 Å². The zero-order valence-corrected chi connectivity index (χ0v) is 8.81. The Balaban J connectivity index is 2.43. The predicted octanol–water partition coefficient (Wildman–Crippen LogP) is -0.818. The molecule has 1 aromatic heterocycles. The molecule has 0 spiro atoms. The van der Waals surface area contributed by atoms with Crippen LogP contribution in [0, 0.1) is 0 Å². The second-order valence-electron chi connectivity index (χ2n) is 3.15. The van der Waals surface area contributed by atoms with E-state index in [-0.39, 0.29) is 19.9 Å². The number of rotatable bonds is 6. The van der Waals surface area contributed by atoms with Gasteiger partial charge in [0.15, 0.2) is 0 Å². The van der Waals surface area contributed by atoms with Crippen molar-refractivity contribution in [3.05, 3.63) is 43.5 Å². The lowest BCUT2D eigenvalue weighted by Crippen LogP contribution is -2.30. The van der Waals surface area contributed by atoms with Crippen molar-refractivity contribution < 1.29 is 9.84 Å². The van der Waals surface area contributed by atoms with Gasteiger partial charge in [0.25, 0.3) is 5.56 Å². The Hall–Kier alpha value is -2.09. The molecule has 1 heterocycles. The maximum atomic E-state index is 11.2. The smallest absolute Gasteiger partial charge is 0.330 e. The number of aromatic nitrogens is 2. The molecular weight excluding hydrogens is 230 g/mol. The minimum absolute atomic E-state index is 0.0788. The van der Waals surface area contributed by atoms with Crippen molar-refractivity contribution in [1.29, 1.82) is 0 Å². The Morgan fingerprint density at radius 2 is 2.41 bits per heavy atom. The standard InChI is InChI=1S/C8H11N5O4/c9-12-10-3-6(14)4-17-5-13-2-1-7(15)11-8(13)16/h1-2,6,14H,3-5H2,(H,11,15,16). The number of nitrogens with one attached hydrogen (secondary N) is 1. The number of hydrogen-bond donors (Lipinski definition) is 2. The summed E-state index contributed by atoms with van der Waals surface area (Å²) in [6, 6.07) is 1.18. The highest BCUT2D eigenvalue weighted by atomic mass is 16.5. The van der Waals surface area contributed by atoms with Gasteiger partial charge in [-0.25, -0.2) is 4.79 Å². The third-order valence-corrected chi connectivity index (χ3v) is 1.79. The number of aliphatic hydroxyl groups is 1. The Labute approximate surface area is 94.9 Å². The van der Waals surface area contributed by atoms with Crippen LogP contribution in [0.1, 0.15) is 0 Å². The normalized spacial score (nSPS) is 11.8. The van der Waals surface area contributed by atoms with E-state index in [0.717, 1.165) is 4.57 Å². The SMILES string of the molecule is [N-]=[N+]=NCC(O)COCn1ccc(=O)[nH]c1=O. The minimum Gasteiger partial charge on any atom is -0.391 e. The molecule has 1 atom stereocenters. The molecule has 0 aliphatic carbocycles. The summed E-state index contributed by atoms with van der Waals surface area (Å²) in [4.78, 5) is 26.5. The van der Waals surface area contributed by atoms with Crippen LogP contribution in [0.3, 0.4) is 0 Å². The van der Waals surface area contributed by atoms with Crippen LogP contribution < -0.4 is 11.2 Å². The van der Waals surface area contributed by atoms with Gasteiger partial charge in [0.2, 0.25) is 0 Å². The fraction of sp³-hybridized carbons (Fsp3) is 0.500. The Bertz CT molecular complexity index is 515. The van der Waals surface area contributed by atoms with Crippen molar-refractivity contribution in [3.8, 4) is 0 Å². The highest BCUT2D eigenvalue weighted by molar-refractivity contribution is 4.81. The Morgan fingerprint density at radius 3 is 3.06 bits per heavy atom. The summed E-state index contributed by atoms with van der Waals surface area (Å²) in [5.74, 6) is 0. The number of aromatic amines is 1. The first-order chi connectivity index (χ1) is 8.13. The predicted molar refractivity (Wildman–Crippen MR) is 57.3 cm³/mol. The molecule has 2 N–H and O–H groups in total. The number of azide groups is 1. The number of nitrogens with zero attached hydrogens (tertiary/aromatic N) is 4. The first-order valence-electron chi connectivity index (χ1n) is 4.70. The van der Waals surface area contributed by atoms with E-state index in [9.17, 15) is 14.7 Å². The summed E-state index contributed by atoms with van der Waals surface area (Å²) in [7, 11) is 0. The first-order valence-corrected chi connectivity index (χ1v) is 4.70. The second kappa shape index (κ2) is 6.48. The van der Waals surface area contributed by atoms with Crippen molar-refractivity contribution in [1.82, 2.24) is 9.55 Å². The lowest BCUT2D eigenvalue weighted by Gasteiger charge is -2.09. The molecule has 0 aliphatic rings. The molecule has 1 aromatic rings. The average Bonchev–Trinajstić information content (AvgIpc) is 2.29. The summed E-state index contributed by atoms with van der Waals surface area (Å²) in [6.45, 7) is -0.287. The maximum Gasteiger partial charge on any atom is 0.330 e. The zero-order valence-electron chi connectivity index (χ0n) is 8.81. The van der Waals surface area contributed by atoms with E-state index in [4.69, 9.17) is 10.3 Å². The van der Waals surface area contributed by atoms with Crippen molar-refractivity contribution >= 4 is 0 Å². The lowest BCUT2D eigenvalue weighted by atomic mass is 10.4. The molecule has 0 saturated carbocycles. The molecule has 1 unspecified atom stereocenters. The summed E-state index contributed by atoms with van der Waals surface area (Å²) in [5.41, 5.74) is 6.92. The van der Waals surface area contributed by atoms with Crippen LogP contribution in [0.25, 0.3) is 10.4 Å². The molecule has 17 heavy (non-hydrogen) atoms. The number of H-pyrrole nitrogens is 1. The Kier molecular flexibility index (Phi) is 4.95.